The lowest BCUT2D eigenvalue weighted by Gasteiger charge is -2.20. The van der Waals surface area contributed by atoms with E-state index in [1.165, 1.54) is 24.9 Å². The molecule has 1 fully saturated rings. The Morgan fingerprint density at radius 3 is 2.88 bits per heavy atom. The van der Waals surface area contributed by atoms with Crippen molar-refractivity contribution in [2.45, 2.75) is 38.6 Å². The summed E-state index contributed by atoms with van der Waals surface area (Å²) < 4.78 is 5.66. The molecule has 0 saturated carbocycles. The fraction of sp³-hybridized carbons (Fsp3) is 0.632. The Morgan fingerprint density at radius 2 is 2.12 bits per heavy atom. The molecule has 0 amide bonds. The van der Waals surface area contributed by atoms with E-state index in [4.69, 9.17) is 10.5 Å². The molecule has 5 nitrogen and oxygen atoms in total. The molecule has 142 valence electrons. The molecule has 0 aliphatic carbocycles. The summed E-state index contributed by atoms with van der Waals surface area (Å²) >= 11 is 0. The number of aliphatic imine (C=N–C) groups is 1. The van der Waals surface area contributed by atoms with Gasteiger partial charge in [-0.25, -0.2) is 0 Å². The molecular weight excluding hydrogens is 427 g/mol. The average molecular weight is 460 g/mol. The summed E-state index contributed by atoms with van der Waals surface area (Å²) in [7, 11) is 0. The summed E-state index contributed by atoms with van der Waals surface area (Å²) in [5.74, 6) is 0.558. The highest BCUT2D eigenvalue weighted by Crippen LogP contribution is 2.16. The number of likely N-dealkylation sites (tertiary alicyclic amines) is 1. The second-order valence-electron chi connectivity index (χ2n) is 6.28. The van der Waals surface area contributed by atoms with Gasteiger partial charge in [-0.05, 0) is 44.3 Å². The molecule has 0 spiro atoms. The Balaban J connectivity index is 0.00000312. The molecule has 1 aromatic carbocycles. The normalized spacial score (nSPS) is 18.1. The maximum Gasteiger partial charge on any atom is 0.188 e. The summed E-state index contributed by atoms with van der Waals surface area (Å²) in [6, 6.07) is 11.0. The van der Waals surface area contributed by atoms with E-state index in [1.54, 1.807) is 0 Å². The van der Waals surface area contributed by atoms with Gasteiger partial charge < -0.3 is 15.8 Å². The predicted octanol–water partition coefficient (Wildman–Crippen LogP) is 2.64. The maximum absolute atomic E-state index is 5.94. The topological polar surface area (TPSA) is 62.9 Å². The minimum Gasteiger partial charge on any atom is -0.381 e. The van der Waals surface area contributed by atoms with Crippen LogP contribution in [0.1, 0.15) is 31.7 Å². The summed E-state index contributed by atoms with van der Waals surface area (Å²) in [5.41, 5.74) is 7.25. The summed E-state index contributed by atoms with van der Waals surface area (Å²) in [6.45, 7) is 7.64. The van der Waals surface area contributed by atoms with Crippen LogP contribution in [0.15, 0.2) is 35.3 Å². The first-order valence-corrected chi connectivity index (χ1v) is 9.19. The third-order valence-corrected chi connectivity index (χ3v) is 4.53. The lowest BCUT2D eigenvalue weighted by atomic mass is 10.2. The van der Waals surface area contributed by atoms with Crippen molar-refractivity contribution in [1.29, 1.82) is 0 Å². The quantitative estimate of drug-likeness (QED) is 0.244. The molecule has 3 N–H and O–H groups in total. The Kier molecular flexibility index (Phi) is 11.9. The third-order valence-electron chi connectivity index (χ3n) is 4.53. The standard InChI is InChI=1S/C19H32N4O.HI/c1-2-23-13-6-10-18(23)16-22-19(20)21-12-7-14-24-15-11-17-8-4-3-5-9-17;/h3-5,8-9,18H,2,6-7,10-16H2,1H3,(H3,20,21,22);1H. The highest BCUT2D eigenvalue weighted by atomic mass is 127. The van der Waals surface area contributed by atoms with E-state index in [0.717, 1.165) is 45.7 Å². The smallest absolute Gasteiger partial charge is 0.188 e. The molecule has 1 atom stereocenters. The van der Waals surface area contributed by atoms with Gasteiger partial charge in [0.25, 0.3) is 0 Å². The van der Waals surface area contributed by atoms with Crippen LogP contribution in [-0.4, -0.2) is 56.3 Å². The molecule has 1 unspecified atom stereocenters. The highest BCUT2D eigenvalue weighted by Gasteiger charge is 2.22. The minimum absolute atomic E-state index is 0. The fourth-order valence-electron chi connectivity index (χ4n) is 3.11. The molecule has 1 aliphatic rings. The molecule has 1 aromatic rings. The zero-order valence-corrected chi connectivity index (χ0v) is 17.7. The minimum atomic E-state index is 0. The first-order valence-electron chi connectivity index (χ1n) is 9.19. The van der Waals surface area contributed by atoms with E-state index < -0.39 is 0 Å². The van der Waals surface area contributed by atoms with Gasteiger partial charge in [-0.2, -0.15) is 0 Å². The first kappa shape index (κ1) is 22.2. The Hall–Kier alpha value is -0.860. The maximum atomic E-state index is 5.94. The average Bonchev–Trinajstić information content (AvgIpc) is 3.07. The highest BCUT2D eigenvalue weighted by molar-refractivity contribution is 14.0. The van der Waals surface area contributed by atoms with Crippen LogP contribution in [0.5, 0.6) is 0 Å². The largest absolute Gasteiger partial charge is 0.381 e. The molecule has 1 aliphatic heterocycles. The molecule has 25 heavy (non-hydrogen) atoms. The van der Waals surface area contributed by atoms with Crippen molar-refractivity contribution < 1.29 is 4.74 Å². The van der Waals surface area contributed by atoms with Crippen molar-refractivity contribution in [3.05, 3.63) is 35.9 Å². The molecule has 2 rings (SSSR count). The Bertz CT molecular complexity index is 484. The molecule has 0 radical (unpaired) electrons. The van der Waals surface area contributed by atoms with Crippen LogP contribution in [0.2, 0.25) is 0 Å². The van der Waals surface area contributed by atoms with Gasteiger partial charge in [0.05, 0.1) is 13.2 Å². The SMILES string of the molecule is CCN1CCCC1CN=C(N)NCCCOCCc1ccccc1.I. The van der Waals surface area contributed by atoms with E-state index in [-0.39, 0.29) is 24.0 Å². The fourth-order valence-corrected chi connectivity index (χ4v) is 3.11. The lowest BCUT2D eigenvalue weighted by Crippen LogP contribution is -2.36. The van der Waals surface area contributed by atoms with Gasteiger partial charge >= 0.3 is 0 Å². The number of nitrogens with one attached hydrogen (secondary N) is 1. The van der Waals surface area contributed by atoms with E-state index in [2.05, 4.69) is 46.4 Å². The van der Waals surface area contributed by atoms with Crippen molar-refractivity contribution in [3.63, 3.8) is 0 Å². The number of guanidine groups is 1. The molecular formula is C19H33IN4O. The summed E-state index contributed by atoms with van der Waals surface area (Å²) in [6.07, 6.45) is 4.42. The monoisotopic (exact) mass is 460 g/mol. The van der Waals surface area contributed by atoms with Crippen molar-refractivity contribution in [3.8, 4) is 0 Å². The van der Waals surface area contributed by atoms with Gasteiger partial charge in [-0.1, -0.05) is 37.3 Å². The summed E-state index contributed by atoms with van der Waals surface area (Å²) in [4.78, 5) is 6.96. The Labute approximate surface area is 169 Å². The Morgan fingerprint density at radius 1 is 1.32 bits per heavy atom. The number of ether oxygens (including phenoxy) is 1. The predicted molar refractivity (Wildman–Crippen MR) is 116 cm³/mol. The van der Waals surface area contributed by atoms with Crippen LogP contribution in [0.3, 0.4) is 0 Å². The van der Waals surface area contributed by atoms with Crippen LogP contribution in [0.4, 0.5) is 0 Å². The van der Waals surface area contributed by atoms with Crippen molar-refractivity contribution in [2.24, 2.45) is 10.7 Å². The number of benzene rings is 1. The van der Waals surface area contributed by atoms with Crippen molar-refractivity contribution in [2.75, 3.05) is 39.4 Å². The van der Waals surface area contributed by atoms with E-state index in [9.17, 15) is 0 Å². The zero-order valence-electron chi connectivity index (χ0n) is 15.3. The number of nitrogens with two attached hydrogens (primary N) is 1. The van der Waals surface area contributed by atoms with Gasteiger partial charge in [-0.15, -0.1) is 24.0 Å². The lowest BCUT2D eigenvalue weighted by molar-refractivity contribution is 0.135. The number of hydrogen-bond donors (Lipinski definition) is 2. The van der Waals surface area contributed by atoms with Crippen molar-refractivity contribution >= 4 is 29.9 Å². The van der Waals surface area contributed by atoms with Crippen LogP contribution in [-0.2, 0) is 11.2 Å². The van der Waals surface area contributed by atoms with Gasteiger partial charge in [0.2, 0.25) is 0 Å². The van der Waals surface area contributed by atoms with E-state index >= 15 is 0 Å². The molecule has 1 saturated heterocycles. The van der Waals surface area contributed by atoms with Crippen LogP contribution < -0.4 is 11.1 Å². The molecule has 1 heterocycles. The molecule has 0 bridgehead atoms. The van der Waals surface area contributed by atoms with Gasteiger partial charge in [0.1, 0.15) is 0 Å². The number of halogens is 1. The number of nitrogens with zero attached hydrogens (tertiary/aromatic N) is 2. The first-order chi connectivity index (χ1) is 11.8. The molecule has 6 heteroatoms. The third kappa shape index (κ3) is 8.87. The van der Waals surface area contributed by atoms with E-state index in [1.807, 2.05) is 6.07 Å². The molecule has 0 aromatic heterocycles. The van der Waals surface area contributed by atoms with E-state index in [0.29, 0.717) is 12.0 Å². The summed E-state index contributed by atoms with van der Waals surface area (Å²) in [5, 5.41) is 3.18. The van der Waals surface area contributed by atoms with Crippen molar-refractivity contribution in [1.82, 2.24) is 10.2 Å². The number of rotatable bonds is 10. The van der Waals surface area contributed by atoms with Gasteiger partial charge in [0.15, 0.2) is 5.96 Å². The number of likely N-dealkylation sites (N-methyl/N-ethyl adjacent to an activating group) is 1. The van der Waals surface area contributed by atoms with Gasteiger partial charge in [0, 0.05) is 19.2 Å². The zero-order chi connectivity index (χ0) is 17.0. The van der Waals surface area contributed by atoms with Crippen LogP contribution >= 0.6 is 24.0 Å². The second-order valence-corrected chi connectivity index (χ2v) is 6.28. The van der Waals surface area contributed by atoms with Gasteiger partial charge in [-0.3, -0.25) is 9.89 Å². The van der Waals surface area contributed by atoms with Crippen LogP contribution in [0, 0.1) is 0 Å². The van der Waals surface area contributed by atoms with Crippen LogP contribution in [0.25, 0.3) is 0 Å². The second kappa shape index (κ2) is 13.4. The number of hydrogen-bond acceptors (Lipinski definition) is 3.